The van der Waals surface area contributed by atoms with E-state index in [1.807, 2.05) is 30.3 Å². The fourth-order valence-corrected chi connectivity index (χ4v) is 3.30. The second-order valence-corrected chi connectivity index (χ2v) is 7.08. The van der Waals surface area contributed by atoms with Crippen molar-refractivity contribution in [3.05, 3.63) is 100 Å². The van der Waals surface area contributed by atoms with Crippen LogP contribution in [0, 0.1) is 0 Å². The average molecular weight is 381 g/mol. The number of hydrogen-bond acceptors (Lipinski definition) is 3. The van der Waals surface area contributed by atoms with Crippen LogP contribution in [0.15, 0.2) is 72.8 Å². The average Bonchev–Trinajstić information content (AvgIpc) is 2.69. The van der Waals surface area contributed by atoms with Crippen LogP contribution in [0.5, 0.6) is 5.75 Å². The number of methoxy groups -OCH3 is 1. The first-order valence-corrected chi connectivity index (χ1v) is 9.41. The third-order valence-corrected chi connectivity index (χ3v) is 4.76. The van der Waals surface area contributed by atoms with Gasteiger partial charge in [0.1, 0.15) is 5.75 Å². The smallest absolute Gasteiger partial charge is 0.118 e. The molecule has 0 saturated heterocycles. The molecule has 4 heteroatoms. The maximum absolute atomic E-state index is 6.17. The molecule has 0 aliphatic rings. The van der Waals surface area contributed by atoms with Crippen molar-refractivity contribution in [3.63, 3.8) is 0 Å². The Kier molecular flexibility index (Phi) is 6.88. The monoisotopic (exact) mass is 380 g/mol. The summed E-state index contributed by atoms with van der Waals surface area (Å²) in [6, 6.07) is 24.8. The van der Waals surface area contributed by atoms with Crippen molar-refractivity contribution in [2.75, 3.05) is 7.11 Å². The highest BCUT2D eigenvalue weighted by molar-refractivity contribution is 6.30. The van der Waals surface area contributed by atoms with Crippen LogP contribution < -0.4 is 10.5 Å². The molecule has 0 aromatic heterocycles. The number of halogens is 1. The normalized spacial score (nSPS) is 11.0. The number of nitrogens with zero attached hydrogens (tertiary/aromatic N) is 1. The van der Waals surface area contributed by atoms with E-state index in [-0.39, 0.29) is 0 Å². The van der Waals surface area contributed by atoms with Gasteiger partial charge < -0.3 is 10.5 Å². The highest BCUT2D eigenvalue weighted by Crippen LogP contribution is 2.19. The van der Waals surface area contributed by atoms with Crippen LogP contribution in [0.1, 0.15) is 22.3 Å². The van der Waals surface area contributed by atoms with Gasteiger partial charge >= 0.3 is 0 Å². The summed E-state index contributed by atoms with van der Waals surface area (Å²) in [6.07, 6.45) is 0. The molecule has 0 saturated carbocycles. The van der Waals surface area contributed by atoms with Gasteiger partial charge in [-0.05, 0) is 46.5 Å². The van der Waals surface area contributed by atoms with E-state index in [1.165, 1.54) is 16.7 Å². The number of hydrogen-bond donors (Lipinski definition) is 1. The van der Waals surface area contributed by atoms with E-state index in [0.29, 0.717) is 6.54 Å². The van der Waals surface area contributed by atoms with E-state index in [9.17, 15) is 0 Å². The summed E-state index contributed by atoms with van der Waals surface area (Å²) in [5, 5.41) is 0.768. The molecule has 3 rings (SSSR count). The van der Waals surface area contributed by atoms with Gasteiger partial charge in [-0.1, -0.05) is 60.1 Å². The van der Waals surface area contributed by atoms with Crippen LogP contribution in [0.2, 0.25) is 5.02 Å². The zero-order chi connectivity index (χ0) is 19.1. The fraction of sp³-hybridized carbons (Fsp3) is 0.217. The molecule has 3 aromatic carbocycles. The molecule has 0 aliphatic carbocycles. The lowest BCUT2D eigenvalue weighted by Crippen LogP contribution is -2.22. The molecule has 0 bridgehead atoms. The van der Waals surface area contributed by atoms with Crippen molar-refractivity contribution in [2.24, 2.45) is 5.73 Å². The molecule has 2 N–H and O–H groups in total. The highest BCUT2D eigenvalue weighted by Gasteiger charge is 2.09. The summed E-state index contributed by atoms with van der Waals surface area (Å²) in [5.74, 6) is 0.873. The maximum Gasteiger partial charge on any atom is 0.118 e. The van der Waals surface area contributed by atoms with Crippen LogP contribution in [0.4, 0.5) is 0 Å². The topological polar surface area (TPSA) is 38.5 Å². The van der Waals surface area contributed by atoms with Crippen molar-refractivity contribution in [3.8, 4) is 5.75 Å². The van der Waals surface area contributed by atoms with Crippen molar-refractivity contribution >= 4 is 11.6 Å². The Balaban J connectivity index is 1.77. The second kappa shape index (κ2) is 9.56. The Labute approximate surface area is 166 Å². The van der Waals surface area contributed by atoms with E-state index in [2.05, 4.69) is 47.4 Å². The molecular formula is C23H25ClN2O. The van der Waals surface area contributed by atoms with Crippen molar-refractivity contribution in [2.45, 2.75) is 26.2 Å². The van der Waals surface area contributed by atoms with Crippen molar-refractivity contribution < 1.29 is 4.74 Å². The maximum atomic E-state index is 6.17. The summed E-state index contributed by atoms with van der Waals surface area (Å²) >= 11 is 6.17. The van der Waals surface area contributed by atoms with Crippen molar-refractivity contribution in [1.29, 1.82) is 0 Å². The van der Waals surface area contributed by atoms with Crippen LogP contribution in [-0.4, -0.2) is 12.0 Å². The van der Waals surface area contributed by atoms with Crippen LogP contribution in [0.25, 0.3) is 0 Å². The zero-order valence-electron chi connectivity index (χ0n) is 15.6. The Morgan fingerprint density at radius 3 is 1.89 bits per heavy atom. The minimum atomic E-state index is 0.568. The Morgan fingerprint density at radius 1 is 0.778 bits per heavy atom. The van der Waals surface area contributed by atoms with E-state index in [0.717, 1.165) is 36.0 Å². The van der Waals surface area contributed by atoms with Gasteiger partial charge in [-0.2, -0.15) is 0 Å². The third kappa shape index (κ3) is 5.83. The quantitative estimate of drug-likeness (QED) is 0.597. The minimum Gasteiger partial charge on any atom is -0.497 e. The van der Waals surface area contributed by atoms with Crippen molar-refractivity contribution in [1.82, 2.24) is 4.90 Å². The fourth-order valence-electron chi connectivity index (χ4n) is 3.09. The number of nitrogens with two attached hydrogens (primary N) is 1. The predicted octanol–water partition coefficient (Wildman–Crippen LogP) is 5.01. The molecule has 27 heavy (non-hydrogen) atoms. The molecule has 0 fully saturated rings. The number of benzene rings is 3. The Bertz CT molecular complexity index is 798. The Hall–Kier alpha value is -2.33. The minimum absolute atomic E-state index is 0.568. The lowest BCUT2D eigenvalue weighted by Gasteiger charge is -2.23. The molecule has 140 valence electrons. The summed E-state index contributed by atoms with van der Waals surface area (Å²) < 4.78 is 5.26. The van der Waals surface area contributed by atoms with Crippen LogP contribution in [0.3, 0.4) is 0 Å². The molecule has 0 unspecified atom stereocenters. The number of rotatable bonds is 8. The van der Waals surface area contributed by atoms with Crippen LogP contribution >= 0.6 is 11.6 Å². The molecule has 0 heterocycles. The third-order valence-electron chi connectivity index (χ3n) is 4.53. The SMILES string of the molecule is COc1ccc(CN(Cc2ccc(CN)cc2)Cc2cccc(Cl)c2)cc1. The molecular weight excluding hydrogens is 356 g/mol. The molecule has 0 radical (unpaired) electrons. The number of ether oxygens (including phenoxy) is 1. The molecule has 0 aliphatic heterocycles. The van der Waals surface area contributed by atoms with Gasteiger partial charge in [0.25, 0.3) is 0 Å². The lowest BCUT2D eigenvalue weighted by atomic mass is 10.1. The van der Waals surface area contributed by atoms with Gasteiger partial charge in [-0.3, -0.25) is 4.90 Å². The van der Waals surface area contributed by atoms with Gasteiger partial charge in [-0.15, -0.1) is 0 Å². The first-order valence-electron chi connectivity index (χ1n) is 9.04. The first kappa shape index (κ1) is 19.4. The molecule has 3 aromatic rings. The molecule has 0 atom stereocenters. The van der Waals surface area contributed by atoms with Gasteiger partial charge in [-0.25, -0.2) is 0 Å². The lowest BCUT2D eigenvalue weighted by molar-refractivity contribution is 0.247. The molecule has 3 nitrogen and oxygen atoms in total. The standard InChI is InChI=1S/C23H25ClN2O/c1-27-23-11-9-20(10-12-23)16-26(17-21-3-2-4-22(24)13-21)15-19-7-5-18(14-25)6-8-19/h2-13H,14-17,25H2,1H3. The summed E-state index contributed by atoms with van der Waals surface area (Å²) in [6.45, 7) is 3.09. The highest BCUT2D eigenvalue weighted by atomic mass is 35.5. The van der Waals surface area contributed by atoms with Gasteiger partial charge in [0.2, 0.25) is 0 Å². The first-order chi connectivity index (χ1) is 13.2. The van der Waals surface area contributed by atoms with Gasteiger partial charge in [0, 0.05) is 31.2 Å². The van der Waals surface area contributed by atoms with E-state index < -0.39 is 0 Å². The van der Waals surface area contributed by atoms with Gasteiger partial charge in [0.15, 0.2) is 0 Å². The van der Waals surface area contributed by atoms with E-state index >= 15 is 0 Å². The van der Waals surface area contributed by atoms with E-state index in [1.54, 1.807) is 7.11 Å². The summed E-state index contributed by atoms with van der Waals surface area (Å²) in [7, 11) is 1.69. The predicted molar refractivity (Wildman–Crippen MR) is 112 cm³/mol. The Morgan fingerprint density at radius 2 is 1.33 bits per heavy atom. The molecule has 0 amide bonds. The second-order valence-electron chi connectivity index (χ2n) is 6.64. The van der Waals surface area contributed by atoms with E-state index in [4.69, 9.17) is 22.1 Å². The van der Waals surface area contributed by atoms with Gasteiger partial charge in [0.05, 0.1) is 7.11 Å². The van der Waals surface area contributed by atoms with Crippen LogP contribution in [-0.2, 0) is 26.2 Å². The summed E-state index contributed by atoms with van der Waals surface area (Å²) in [4.78, 5) is 2.41. The largest absolute Gasteiger partial charge is 0.497 e. The molecule has 0 spiro atoms. The zero-order valence-corrected chi connectivity index (χ0v) is 16.3. The summed E-state index contributed by atoms with van der Waals surface area (Å²) in [5.41, 5.74) is 10.6.